The van der Waals surface area contributed by atoms with Gasteiger partial charge in [-0.1, -0.05) is 0 Å². The van der Waals surface area contributed by atoms with Crippen LogP contribution >= 0.6 is 0 Å². The van der Waals surface area contributed by atoms with Crippen LogP contribution in [0.25, 0.3) is 21.9 Å². The van der Waals surface area contributed by atoms with Crippen molar-refractivity contribution in [1.82, 2.24) is 25.1 Å². The van der Waals surface area contributed by atoms with Crippen molar-refractivity contribution in [2.75, 3.05) is 12.4 Å². The number of nitrogens with one attached hydrogen (secondary N) is 3. The molecule has 4 N–H and O–H groups in total. The van der Waals surface area contributed by atoms with Crippen LogP contribution in [0.2, 0.25) is 0 Å². The number of aliphatic carboxylic acids is 1. The Hall–Kier alpha value is -3.62. The van der Waals surface area contributed by atoms with E-state index in [2.05, 4.69) is 30.5 Å². The summed E-state index contributed by atoms with van der Waals surface area (Å²) in [5, 5.41) is 21.5. The molecule has 0 spiro atoms. The number of carbonyl (C=O) groups is 1. The van der Waals surface area contributed by atoms with E-state index in [4.69, 9.17) is 4.74 Å². The van der Waals surface area contributed by atoms with Gasteiger partial charge in [-0.15, -0.1) is 0 Å². The summed E-state index contributed by atoms with van der Waals surface area (Å²) < 4.78 is 5.51. The number of H-pyrrole nitrogens is 2. The molecule has 1 aromatic carbocycles. The number of hydrogen-bond acceptors (Lipinski definition) is 6. The molecule has 4 aromatic rings. The zero-order valence-electron chi connectivity index (χ0n) is 15.1. The molecule has 0 fully saturated rings. The summed E-state index contributed by atoms with van der Waals surface area (Å²) in [5.74, 6) is 0.112. The van der Waals surface area contributed by atoms with Gasteiger partial charge in [-0.05, 0) is 30.9 Å². The number of hydrogen-bond donors (Lipinski definition) is 4. The maximum absolute atomic E-state index is 11.5. The number of ether oxygens (including phenoxy) is 1. The van der Waals surface area contributed by atoms with Gasteiger partial charge in [0.2, 0.25) is 0 Å². The van der Waals surface area contributed by atoms with Crippen LogP contribution in [0.1, 0.15) is 17.7 Å². The summed E-state index contributed by atoms with van der Waals surface area (Å²) in [6.07, 6.45) is 5.00. The van der Waals surface area contributed by atoms with Crippen LogP contribution in [-0.4, -0.2) is 43.3 Å². The van der Waals surface area contributed by atoms with Gasteiger partial charge in [-0.2, -0.15) is 5.10 Å². The van der Waals surface area contributed by atoms with Crippen molar-refractivity contribution in [2.24, 2.45) is 5.92 Å². The molecule has 3 heterocycles. The molecule has 9 nitrogen and oxygen atoms in total. The van der Waals surface area contributed by atoms with E-state index >= 15 is 0 Å². The molecule has 1 aliphatic carbocycles. The van der Waals surface area contributed by atoms with Gasteiger partial charge < -0.3 is 20.1 Å². The van der Waals surface area contributed by atoms with E-state index in [0.717, 1.165) is 33.2 Å². The lowest BCUT2D eigenvalue weighted by Crippen LogP contribution is -2.21. The van der Waals surface area contributed by atoms with Gasteiger partial charge in [0.05, 0.1) is 35.8 Å². The first-order valence-corrected chi connectivity index (χ1v) is 8.99. The van der Waals surface area contributed by atoms with E-state index < -0.39 is 11.9 Å². The number of carboxylic acids is 1. The van der Waals surface area contributed by atoms with E-state index in [1.54, 1.807) is 13.3 Å². The van der Waals surface area contributed by atoms with Gasteiger partial charge in [0.15, 0.2) is 0 Å². The van der Waals surface area contributed by atoms with Crippen LogP contribution in [0.5, 0.6) is 5.75 Å². The lowest BCUT2D eigenvalue weighted by Gasteiger charge is -2.19. The maximum atomic E-state index is 11.5. The fourth-order valence-electron chi connectivity index (χ4n) is 3.91. The highest BCUT2D eigenvalue weighted by Crippen LogP contribution is 2.37. The van der Waals surface area contributed by atoms with Gasteiger partial charge in [0.25, 0.3) is 0 Å². The normalized spacial score (nSPS) is 16.2. The van der Waals surface area contributed by atoms with Crippen LogP contribution in [-0.2, 0) is 17.6 Å². The summed E-state index contributed by atoms with van der Waals surface area (Å²) >= 11 is 0. The third kappa shape index (κ3) is 2.55. The Labute approximate surface area is 159 Å². The van der Waals surface area contributed by atoms with Crippen molar-refractivity contribution in [3.63, 3.8) is 0 Å². The van der Waals surface area contributed by atoms with E-state index in [1.807, 2.05) is 12.1 Å². The van der Waals surface area contributed by atoms with Crippen LogP contribution in [0, 0.1) is 5.92 Å². The Morgan fingerprint density at radius 1 is 1.36 bits per heavy atom. The molecule has 9 heteroatoms. The molecule has 1 aliphatic rings. The molecular weight excluding hydrogens is 360 g/mol. The Morgan fingerprint density at radius 3 is 3.07 bits per heavy atom. The molecule has 142 valence electrons. The fourth-order valence-corrected chi connectivity index (χ4v) is 3.91. The summed E-state index contributed by atoms with van der Waals surface area (Å²) in [6.45, 7) is 0. The molecule has 5 rings (SSSR count). The second-order valence-corrected chi connectivity index (χ2v) is 6.94. The summed E-state index contributed by atoms with van der Waals surface area (Å²) in [5.41, 5.74) is 4.33. The number of aromatic nitrogens is 5. The summed E-state index contributed by atoms with van der Waals surface area (Å²) in [6, 6.07) is 3.81. The van der Waals surface area contributed by atoms with Crippen LogP contribution in [0.4, 0.5) is 11.5 Å². The average Bonchev–Trinajstić information content (AvgIpc) is 3.30. The van der Waals surface area contributed by atoms with Crippen LogP contribution in [0.15, 0.2) is 24.7 Å². The summed E-state index contributed by atoms with van der Waals surface area (Å²) in [7, 11) is 1.61. The molecule has 0 amide bonds. The predicted octanol–water partition coefficient (Wildman–Crippen LogP) is 2.78. The quantitative estimate of drug-likeness (QED) is 0.430. The zero-order chi connectivity index (χ0) is 19.3. The molecule has 0 radical (unpaired) electrons. The number of rotatable bonds is 4. The minimum Gasteiger partial charge on any atom is -0.494 e. The van der Waals surface area contributed by atoms with Crippen molar-refractivity contribution in [3.05, 3.63) is 35.9 Å². The highest BCUT2D eigenvalue weighted by atomic mass is 16.5. The SMILES string of the molecule is COc1cc2[nH]ncc2cc1Nc1ncnc2[nH]c3c(c12)C[C@@H](C(=O)O)CC3. The van der Waals surface area contributed by atoms with Crippen molar-refractivity contribution in [3.8, 4) is 5.75 Å². The first-order chi connectivity index (χ1) is 13.6. The van der Waals surface area contributed by atoms with Crippen molar-refractivity contribution in [2.45, 2.75) is 19.3 Å². The Balaban J connectivity index is 1.62. The zero-order valence-corrected chi connectivity index (χ0v) is 15.1. The minimum atomic E-state index is -0.765. The molecule has 0 aliphatic heterocycles. The Morgan fingerprint density at radius 2 is 2.25 bits per heavy atom. The van der Waals surface area contributed by atoms with Crippen molar-refractivity contribution < 1.29 is 14.6 Å². The highest BCUT2D eigenvalue weighted by molar-refractivity contribution is 5.95. The topological polar surface area (TPSA) is 129 Å². The number of anilines is 2. The lowest BCUT2D eigenvalue weighted by molar-refractivity contribution is -0.142. The molecular formula is C19H18N6O3. The van der Waals surface area contributed by atoms with Gasteiger partial charge in [-0.3, -0.25) is 9.89 Å². The van der Waals surface area contributed by atoms with Crippen LogP contribution < -0.4 is 10.1 Å². The molecule has 28 heavy (non-hydrogen) atoms. The van der Waals surface area contributed by atoms with Crippen molar-refractivity contribution >= 4 is 39.4 Å². The minimum absolute atomic E-state index is 0.392. The van der Waals surface area contributed by atoms with E-state index in [9.17, 15) is 9.90 Å². The van der Waals surface area contributed by atoms with Gasteiger partial charge in [0, 0.05) is 17.1 Å². The number of nitrogens with zero attached hydrogens (tertiary/aromatic N) is 3. The Kier molecular flexibility index (Phi) is 3.68. The maximum Gasteiger partial charge on any atom is 0.306 e. The Bertz CT molecular complexity index is 1210. The van der Waals surface area contributed by atoms with E-state index in [1.165, 1.54) is 6.33 Å². The van der Waals surface area contributed by atoms with E-state index in [-0.39, 0.29) is 0 Å². The predicted molar refractivity (Wildman–Crippen MR) is 103 cm³/mol. The van der Waals surface area contributed by atoms with E-state index in [0.29, 0.717) is 36.5 Å². The number of aromatic amines is 2. The van der Waals surface area contributed by atoms with Crippen molar-refractivity contribution in [1.29, 1.82) is 0 Å². The highest BCUT2D eigenvalue weighted by Gasteiger charge is 2.29. The second-order valence-electron chi connectivity index (χ2n) is 6.94. The third-order valence-electron chi connectivity index (χ3n) is 5.34. The first kappa shape index (κ1) is 16.5. The molecule has 0 bridgehead atoms. The third-order valence-corrected chi connectivity index (χ3v) is 5.34. The lowest BCUT2D eigenvalue weighted by atomic mass is 9.86. The standard InChI is InChI=1S/C19H18N6O3/c1-28-15-6-13-10(7-22-25-13)5-14(15)24-18-16-11-4-9(19(26)27)2-3-12(11)23-17(16)20-8-21-18/h5-9H,2-4H2,1H3,(H,22,25)(H,26,27)(H2,20,21,23,24)/t9-/m0/s1. The number of aryl methyl sites for hydroxylation is 1. The first-order valence-electron chi connectivity index (χ1n) is 8.99. The largest absolute Gasteiger partial charge is 0.494 e. The molecule has 1 atom stereocenters. The average molecular weight is 378 g/mol. The second kappa shape index (κ2) is 6.22. The number of fused-ring (bicyclic) bond motifs is 4. The number of benzene rings is 1. The monoisotopic (exact) mass is 378 g/mol. The summed E-state index contributed by atoms with van der Waals surface area (Å²) in [4.78, 5) is 23.6. The van der Waals surface area contributed by atoms with Crippen LogP contribution in [0.3, 0.4) is 0 Å². The number of carboxylic acid groups (broad SMARTS) is 1. The molecule has 0 saturated carbocycles. The molecule has 0 saturated heterocycles. The number of methoxy groups -OCH3 is 1. The van der Waals surface area contributed by atoms with Gasteiger partial charge >= 0.3 is 5.97 Å². The van der Waals surface area contributed by atoms with Gasteiger partial charge in [0.1, 0.15) is 23.5 Å². The fraction of sp³-hybridized carbons (Fsp3) is 0.263. The molecule has 3 aromatic heterocycles. The van der Waals surface area contributed by atoms with Gasteiger partial charge in [-0.25, -0.2) is 9.97 Å². The molecule has 0 unspecified atom stereocenters. The smallest absolute Gasteiger partial charge is 0.306 e.